The SMILES string of the molecule is O=C(NCc1ccccc1)c1ccccc1NC(=O)C1CCCN(S(=O)(=O)Cc2ccc(Cl)cc2Cl)C1. The van der Waals surface area contributed by atoms with Gasteiger partial charge in [-0.25, -0.2) is 12.7 Å². The first-order valence-electron chi connectivity index (χ1n) is 11.9. The van der Waals surface area contributed by atoms with Gasteiger partial charge in [0.1, 0.15) is 0 Å². The number of piperidine rings is 1. The molecule has 1 atom stereocenters. The van der Waals surface area contributed by atoms with Gasteiger partial charge in [-0.1, -0.05) is 71.7 Å². The summed E-state index contributed by atoms with van der Waals surface area (Å²) in [6.07, 6.45) is 1.09. The number of rotatable bonds is 8. The van der Waals surface area contributed by atoms with Crippen LogP contribution in [-0.4, -0.2) is 37.6 Å². The van der Waals surface area contributed by atoms with Crippen LogP contribution in [0.15, 0.2) is 72.8 Å². The van der Waals surface area contributed by atoms with Gasteiger partial charge in [-0.2, -0.15) is 0 Å². The zero-order valence-electron chi connectivity index (χ0n) is 20.0. The highest BCUT2D eigenvalue weighted by atomic mass is 35.5. The molecule has 0 aliphatic carbocycles. The second-order valence-electron chi connectivity index (χ2n) is 8.89. The molecule has 0 bridgehead atoms. The molecule has 0 spiro atoms. The van der Waals surface area contributed by atoms with Crippen LogP contribution in [0.2, 0.25) is 10.0 Å². The van der Waals surface area contributed by atoms with Gasteiger partial charge in [0.15, 0.2) is 0 Å². The molecule has 1 unspecified atom stereocenters. The fourth-order valence-corrected chi connectivity index (χ4v) is 6.43. The molecule has 1 aliphatic rings. The Balaban J connectivity index is 1.41. The predicted molar refractivity (Wildman–Crippen MR) is 146 cm³/mol. The number of carbonyl (C=O) groups is 2. The van der Waals surface area contributed by atoms with Crippen molar-refractivity contribution in [1.82, 2.24) is 9.62 Å². The Labute approximate surface area is 226 Å². The third-order valence-corrected chi connectivity index (χ3v) is 8.61. The molecular formula is C27H27Cl2N3O4S. The third-order valence-electron chi connectivity index (χ3n) is 6.23. The van der Waals surface area contributed by atoms with Gasteiger partial charge >= 0.3 is 0 Å². The van der Waals surface area contributed by atoms with Gasteiger partial charge in [0.25, 0.3) is 5.91 Å². The van der Waals surface area contributed by atoms with Gasteiger partial charge < -0.3 is 10.6 Å². The highest BCUT2D eigenvalue weighted by molar-refractivity contribution is 7.88. The van der Waals surface area contributed by atoms with E-state index in [1.165, 1.54) is 10.4 Å². The summed E-state index contributed by atoms with van der Waals surface area (Å²) < 4.78 is 27.5. The molecule has 3 aromatic rings. The predicted octanol–water partition coefficient (Wildman–Crippen LogP) is 5.10. The molecular weight excluding hydrogens is 533 g/mol. The van der Waals surface area contributed by atoms with E-state index in [-0.39, 0.29) is 29.1 Å². The summed E-state index contributed by atoms with van der Waals surface area (Å²) in [6, 6.07) is 21.0. The van der Waals surface area contributed by atoms with Crippen molar-refractivity contribution >= 4 is 50.7 Å². The fraction of sp³-hybridized carbons (Fsp3) is 0.259. The van der Waals surface area contributed by atoms with Crippen LogP contribution in [0.5, 0.6) is 0 Å². The Morgan fingerprint density at radius 2 is 1.70 bits per heavy atom. The molecule has 1 saturated heterocycles. The lowest BCUT2D eigenvalue weighted by Gasteiger charge is -2.31. The Morgan fingerprint density at radius 3 is 2.46 bits per heavy atom. The molecule has 3 aromatic carbocycles. The number of para-hydroxylation sites is 1. The van der Waals surface area contributed by atoms with Gasteiger partial charge in [0.05, 0.1) is 22.9 Å². The first-order valence-corrected chi connectivity index (χ1v) is 14.2. The summed E-state index contributed by atoms with van der Waals surface area (Å²) in [7, 11) is -3.70. The summed E-state index contributed by atoms with van der Waals surface area (Å²) in [5.74, 6) is -1.47. The number of anilines is 1. The number of halogens is 2. The molecule has 1 aliphatic heterocycles. The van der Waals surface area contributed by atoms with Crippen LogP contribution in [-0.2, 0) is 27.1 Å². The van der Waals surface area contributed by atoms with Crippen molar-refractivity contribution in [2.75, 3.05) is 18.4 Å². The number of benzene rings is 3. The highest BCUT2D eigenvalue weighted by Crippen LogP contribution is 2.27. The number of nitrogens with zero attached hydrogens (tertiary/aromatic N) is 1. The minimum absolute atomic E-state index is 0.0573. The number of hydrogen-bond donors (Lipinski definition) is 2. The molecule has 4 rings (SSSR count). The molecule has 0 aromatic heterocycles. The Bertz CT molecular complexity index is 1380. The number of sulfonamides is 1. The van der Waals surface area contributed by atoms with Crippen LogP contribution in [0.3, 0.4) is 0 Å². The quantitative estimate of drug-likeness (QED) is 0.401. The Morgan fingerprint density at radius 1 is 0.973 bits per heavy atom. The fourth-order valence-electron chi connectivity index (χ4n) is 4.23. The second kappa shape index (κ2) is 12.1. The Hall–Kier alpha value is -2.91. The first-order chi connectivity index (χ1) is 17.7. The monoisotopic (exact) mass is 559 g/mol. The maximum absolute atomic E-state index is 13.1. The standard InChI is InChI=1S/C27H27Cl2N3O4S/c28-22-13-12-21(24(29)15-22)18-37(35,36)32-14-6-9-20(17-32)26(33)31-25-11-5-4-10-23(25)27(34)30-16-19-7-2-1-3-8-19/h1-5,7-8,10-13,15,20H,6,9,14,16-18H2,(H,30,34)(H,31,33). The van der Waals surface area contributed by atoms with Crippen LogP contribution in [0, 0.1) is 5.92 Å². The van der Waals surface area contributed by atoms with Crippen molar-refractivity contribution in [1.29, 1.82) is 0 Å². The first kappa shape index (κ1) is 27.1. The lowest BCUT2D eigenvalue weighted by molar-refractivity contribution is -0.120. The normalized spacial score (nSPS) is 16.2. The third kappa shape index (κ3) is 7.11. The van der Waals surface area contributed by atoms with Crippen molar-refractivity contribution in [2.45, 2.75) is 25.1 Å². The molecule has 2 amide bonds. The largest absolute Gasteiger partial charge is 0.348 e. The smallest absolute Gasteiger partial charge is 0.253 e. The molecule has 10 heteroatoms. The average molecular weight is 561 g/mol. The number of hydrogen-bond acceptors (Lipinski definition) is 4. The highest BCUT2D eigenvalue weighted by Gasteiger charge is 2.33. The van der Waals surface area contributed by atoms with Crippen LogP contribution >= 0.6 is 23.2 Å². The van der Waals surface area contributed by atoms with E-state index < -0.39 is 15.9 Å². The van der Waals surface area contributed by atoms with E-state index in [1.807, 2.05) is 30.3 Å². The minimum atomic E-state index is -3.70. The lowest BCUT2D eigenvalue weighted by Crippen LogP contribution is -2.44. The van der Waals surface area contributed by atoms with Gasteiger partial charge in [-0.15, -0.1) is 0 Å². The van der Waals surface area contributed by atoms with Crippen LogP contribution in [0.4, 0.5) is 5.69 Å². The van der Waals surface area contributed by atoms with Crippen molar-refractivity contribution in [2.24, 2.45) is 5.92 Å². The summed E-state index contributed by atoms with van der Waals surface area (Å²) in [5, 5.41) is 6.42. The summed E-state index contributed by atoms with van der Waals surface area (Å²) in [6.45, 7) is 0.743. The number of amides is 2. The van der Waals surface area contributed by atoms with Gasteiger partial charge in [-0.3, -0.25) is 9.59 Å². The van der Waals surface area contributed by atoms with Crippen LogP contribution in [0.1, 0.15) is 34.3 Å². The topological polar surface area (TPSA) is 95.6 Å². The molecule has 2 N–H and O–H groups in total. The van der Waals surface area contributed by atoms with Crippen LogP contribution < -0.4 is 10.6 Å². The molecule has 1 fully saturated rings. The number of carbonyl (C=O) groups excluding carboxylic acids is 2. The van der Waals surface area contributed by atoms with Crippen molar-refractivity contribution < 1.29 is 18.0 Å². The van der Waals surface area contributed by atoms with Gasteiger partial charge in [-0.05, 0) is 48.2 Å². The molecule has 0 radical (unpaired) electrons. The summed E-state index contributed by atoms with van der Waals surface area (Å²) >= 11 is 12.1. The zero-order valence-corrected chi connectivity index (χ0v) is 22.3. The molecule has 1 heterocycles. The summed E-state index contributed by atoms with van der Waals surface area (Å²) in [5.41, 5.74) is 2.13. The van der Waals surface area contributed by atoms with E-state index in [9.17, 15) is 18.0 Å². The number of nitrogens with one attached hydrogen (secondary N) is 2. The molecule has 7 nitrogen and oxygen atoms in total. The molecule has 37 heavy (non-hydrogen) atoms. The van der Waals surface area contributed by atoms with Gasteiger partial charge in [0, 0.05) is 29.7 Å². The maximum atomic E-state index is 13.1. The lowest BCUT2D eigenvalue weighted by atomic mass is 9.98. The molecule has 0 saturated carbocycles. The maximum Gasteiger partial charge on any atom is 0.253 e. The van der Waals surface area contributed by atoms with E-state index in [2.05, 4.69) is 10.6 Å². The van der Waals surface area contributed by atoms with E-state index in [0.29, 0.717) is 47.8 Å². The van der Waals surface area contributed by atoms with E-state index in [1.54, 1.807) is 36.4 Å². The van der Waals surface area contributed by atoms with Gasteiger partial charge in [0.2, 0.25) is 15.9 Å². The second-order valence-corrected chi connectivity index (χ2v) is 11.7. The van der Waals surface area contributed by atoms with E-state index >= 15 is 0 Å². The molecule has 194 valence electrons. The van der Waals surface area contributed by atoms with E-state index in [0.717, 1.165) is 5.56 Å². The van der Waals surface area contributed by atoms with Crippen molar-refractivity contribution in [3.05, 3.63) is 99.5 Å². The van der Waals surface area contributed by atoms with Crippen LogP contribution in [0.25, 0.3) is 0 Å². The average Bonchev–Trinajstić information content (AvgIpc) is 2.90. The van der Waals surface area contributed by atoms with E-state index in [4.69, 9.17) is 23.2 Å². The zero-order chi connectivity index (χ0) is 26.4. The van der Waals surface area contributed by atoms with Crippen molar-refractivity contribution in [3.8, 4) is 0 Å². The summed E-state index contributed by atoms with van der Waals surface area (Å²) in [4.78, 5) is 26.0. The minimum Gasteiger partial charge on any atom is -0.348 e. The van der Waals surface area contributed by atoms with Crippen molar-refractivity contribution in [3.63, 3.8) is 0 Å². The Kier molecular flexibility index (Phi) is 8.87.